The van der Waals surface area contributed by atoms with Crippen molar-refractivity contribution in [2.75, 3.05) is 13.7 Å². The molecule has 0 saturated heterocycles. The predicted molar refractivity (Wildman–Crippen MR) is 102 cm³/mol. The van der Waals surface area contributed by atoms with Crippen molar-refractivity contribution < 1.29 is 14.3 Å². The molecule has 0 aliphatic carbocycles. The monoisotopic (exact) mass is 349 g/mol. The highest BCUT2D eigenvalue weighted by Crippen LogP contribution is 2.21. The van der Waals surface area contributed by atoms with Crippen molar-refractivity contribution in [2.45, 2.75) is 6.92 Å². The predicted octanol–water partition coefficient (Wildman–Crippen LogP) is 3.83. The molecule has 0 fully saturated rings. The van der Waals surface area contributed by atoms with Crippen molar-refractivity contribution in [1.82, 2.24) is 4.98 Å². The molecule has 0 spiro atoms. The fourth-order valence-corrected chi connectivity index (χ4v) is 2.66. The first-order valence-electron chi connectivity index (χ1n) is 8.27. The maximum absolute atomic E-state index is 12.5. The molecule has 0 aliphatic rings. The van der Waals surface area contributed by atoms with Crippen molar-refractivity contribution >= 4 is 22.8 Å². The normalized spacial score (nSPS) is 11.0. The highest BCUT2D eigenvalue weighted by atomic mass is 16.5. The molecule has 1 aromatic heterocycles. The fraction of sp³-hybridized carbons (Fsp3) is 0.143. The molecule has 0 saturated carbocycles. The van der Waals surface area contributed by atoms with E-state index in [0.717, 1.165) is 5.39 Å². The van der Waals surface area contributed by atoms with Gasteiger partial charge in [0.25, 0.3) is 5.56 Å². The first kappa shape index (κ1) is 17.5. The van der Waals surface area contributed by atoms with Gasteiger partial charge in [0.05, 0.1) is 19.3 Å². The lowest BCUT2D eigenvalue weighted by atomic mass is 10.1. The molecule has 0 radical (unpaired) electrons. The summed E-state index contributed by atoms with van der Waals surface area (Å²) in [6.45, 7) is 2.33. The summed E-state index contributed by atoms with van der Waals surface area (Å²) in [6, 6.07) is 14.2. The van der Waals surface area contributed by atoms with Crippen LogP contribution in [0.4, 0.5) is 0 Å². The summed E-state index contributed by atoms with van der Waals surface area (Å²) >= 11 is 0. The van der Waals surface area contributed by atoms with Gasteiger partial charge in [0, 0.05) is 16.5 Å². The summed E-state index contributed by atoms with van der Waals surface area (Å²) in [4.78, 5) is 27.5. The van der Waals surface area contributed by atoms with Crippen LogP contribution in [0.5, 0.6) is 11.5 Å². The topological polar surface area (TPSA) is 68.4 Å². The maximum atomic E-state index is 12.5. The summed E-state index contributed by atoms with van der Waals surface area (Å²) in [5, 5.41) is 0.825. The zero-order chi connectivity index (χ0) is 18.5. The number of pyridine rings is 1. The summed E-state index contributed by atoms with van der Waals surface area (Å²) in [5.74, 6) is 1.00. The largest absolute Gasteiger partial charge is 0.497 e. The van der Waals surface area contributed by atoms with Crippen LogP contribution in [0, 0.1) is 0 Å². The average Bonchev–Trinajstić information content (AvgIpc) is 2.66. The Balaban J connectivity index is 1.94. The third-order valence-corrected chi connectivity index (χ3v) is 3.95. The number of aromatic nitrogens is 1. The van der Waals surface area contributed by atoms with E-state index in [1.807, 2.05) is 19.1 Å². The number of carbonyl (C=O) groups is 1. The number of fused-ring (bicyclic) bond motifs is 1. The van der Waals surface area contributed by atoms with Gasteiger partial charge in [0.1, 0.15) is 11.5 Å². The number of ketones is 1. The van der Waals surface area contributed by atoms with Crippen LogP contribution in [0.25, 0.3) is 17.0 Å². The molecule has 0 unspecified atom stereocenters. The van der Waals surface area contributed by atoms with E-state index in [1.165, 1.54) is 12.2 Å². The number of H-pyrrole nitrogens is 1. The molecule has 0 aliphatic heterocycles. The van der Waals surface area contributed by atoms with Crippen molar-refractivity contribution in [3.05, 3.63) is 76.1 Å². The summed E-state index contributed by atoms with van der Waals surface area (Å²) < 4.78 is 10.7. The van der Waals surface area contributed by atoms with Crippen molar-refractivity contribution in [2.24, 2.45) is 0 Å². The number of rotatable bonds is 6. The van der Waals surface area contributed by atoms with Gasteiger partial charge in [0.15, 0.2) is 5.78 Å². The highest BCUT2D eigenvalue weighted by Gasteiger charge is 2.09. The van der Waals surface area contributed by atoms with E-state index in [-0.39, 0.29) is 11.3 Å². The van der Waals surface area contributed by atoms with E-state index in [4.69, 9.17) is 9.47 Å². The van der Waals surface area contributed by atoms with Crippen LogP contribution in [0.15, 0.2) is 59.4 Å². The van der Waals surface area contributed by atoms with Gasteiger partial charge < -0.3 is 14.5 Å². The van der Waals surface area contributed by atoms with Crippen molar-refractivity contribution in [3.8, 4) is 11.5 Å². The number of aromatic amines is 1. The third kappa shape index (κ3) is 3.67. The summed E-state index contributed by atoms with van der Waals surface area (Å²) in [5.41, 5.74) is 1.31. The Morgan fingerprint density at radius 1 is 1.15 bits per heavy atom. The maximum Gasteiger partial charge on any atom is 0.255 e. The van der Waals surface area contributed by atoms with Gasteiger partial charge >= 0.3 is 0 Å². The van der Waals surface area contributed by atoms with Gasteiger partial charge in [-0.05, 0) is 55.5 Å². The minimum atomic E-state index is -0.259. The van der Waals surface area contributed by atoms with Crippen LogP contribution in [-0.2, 0) is 0 Å². The van der Waals surface area contributed by atoms with Crippen molar-refractivity contribution in [3.63, 3.8) is 0 Å². The summed E-state index contributed by atoms with van der Waals surface area (Å²) in [6.07, 6.45) is 2.90. The lowest BCUT2D eigenvalue weighted by Gasteiger charge is -2.07. The standard InChI is InChI=1S/C21H19NO4/c1-3-26-20-7-5-4-6-17(20)19(23)11-8-14-12-15-13-16(25-2)9-10-18(15)22-21(14)24/h4-13H,3H2,1-2H3,(H,22,24)/b11-8+. The van der Waals surface area contributed by atoms with Crippen LogP contribution < -0.4 is 15.0 Å². The second kappa shape index (κ2) is 7.70. The molecule has 5 nitrogen and oxygen atoms in total. The Morgan fingerprint density at radius 2 is 1.96 bits per heavy atom. The molecule has 3 aromatic rings. The Hall–Kier alpha value is -3.34. The molecule has 132 valence electrons. The fourth-order valence-electron chi connectivity index (χ4n) is 2.66. The van der Waals surface area contributed by atoms with E-state index < -0.39 is 0 Å². The average molecular weight is 349 g/mol. The van der Waals surface area contributed by atoms with Gasteiger partial charge in [0.2, 0.25) is 0 Å². The number of hydrogen-bond acceptors (Lipinski definition) is 4. The van der Waals surface area contributed by atoms with Crippen LogP contribution in [0.1, 0.15) is 22.8 Å². The van der Waals surface area contributed by atoms with E-state index in [2.05, 4.69) is 4.98 Å². The smallest absolute Gasteiger partial charge is 0.255 e. The SMILES string of the molecule is CCOc1ccccc1C(=O)/C=C/c1cc2cc(OC)ccc2[nH]c1=O. The quantitative estimate of drug-likeness (QED) is 0.542. The number of para-hydroxylation sites is 1. The Kier molecular flexibility index (Phi) is 5.17. The molecule has 1 N–H and O–H groups in total. The molecule has 3 rings (SSSR count). The number of ether oxygens (including phenoxy) is 2. The number of nitrogens with one attached hydrogen (secondary N) is 1. The first-order valence-corrected chi connectivity index (χ1v) is 8.27. The van der Waals surface area contributed by atoms with Gasteiger partial charge in [-0.2, -0.15) is 0 Å². The van der Waals surface area contributed by atoms with Gasteiger partial charge in [-0.15, -0.1) is 0 Å². The zero-order valence-corrected chi connectivity index (χ0v) is 14.6. The first-order chi connectivity index (χ1) is 12.6. The van der Waals surface area contributed by atoms with Crippen LogP contribution in [-0.4, -0.2) is 24.5 Å². The molecule has 1 heterocycles. The van der Waals surface area contributed by atoms with Crippen LogP contribution >= 0.6 is 0 Å². The number of hydrogen-bond donors (Lipinski definition) is 1. The van der Waals surface area contributed by atoms with E-state index >= 15 is 0 Å². The molecule has 2 aromatic carbocycles. The van der Waals surface area contributed by atoms with Gasteiger partial charge in [-0.1, -0.05) is 12.1 Å². The van der Waals surface area contributed by atoms with E-state index in [0.29, 0.717) is 34.7 Å². The van der Waals surface area contributed by atoms with Crippen molar-refractivity contribution in [1.29, 1.82) is 0 Å². The Bertz CT molecular complexity index is 1030. The number of allylic oxidation sites excluding steroid dienone is 1. The Labute approximate surface area is 150 Å². The number of carbonyl (C=O) groups excluding carboxylic acids is 1. The lowest BCUT2D eigenvalue weighted by Crippen LogP contribution is -2.09. The third-order valence-electron chi connectivity index (χ3n) is 3.95. The second-order valence-corrected chi connectivity index (χ2v) is 5.63. The van der Waals surface area contributed by atoms with Crippen LogP contribution in [0.2, 0.25) is 0 Å². The Morgan fingerprint density at radius 3 is 2.73 bits per heavy atom. The van der Waals surface area contributed by atoms with Gasteiger partial charge in [-0.25, -0.2) is 0 Å². The molecule has 5 heteroatoms. The van der Waals surface area contributed by atoms with E-state index in [9.17, 15) is 9.59 Å². The highest BCUT2D eigenvalue weighted by molar-refractivity contribution is 6.08. The number of benzene rings is 2. The molecule has 0 amide bonds. The minimum Gasteiger partial charge on any atom is -0.497 e. The summed E-state index contributed by atoms with van der Waals surface area (Å²) in [7, 11) is 1.59. The van der Waals surface area contributed by atoms with E-state index in [1.54, 1.807) is 43.5 Å². The minimum absolute atomic E-state index is 0.223. The number of methoxy groups -OCH3 is 1. The lowest BCUT2D eigenvalue weighted by molar-refractivity contribution is 0.104. The molecule has 0 atom stereocenters. The van der Waals surface area contributed by atoms with Gasteiger partial charge in [-0.3, -0.25) is 9.59 Å². The second-order valence-electron chi connectivity index (χ2n) is 5.63. The zero-order valence-electron chi connectivity index (χ0n) is 14.6. The molecular formula is C21H19NO4. The molecule has 0 bridgehead atoms. The molecular weight excluding hydrogens is 330 g/mol. The molecule has 26 heavy (non-hydrogen) atoms. The van der Waals surface area contributed by atoms with Crippen LogP contribution in [0.3, 0.4) is 0 Å².